The highest BCUT2D eigenvalue weighted by molar-refractivity contribution is 7.89. The third kappa shape index (κ3) is 3.42. The van der Waals surface area contributed by atoms with Crippen LogP contribution >= 0.6 is 0 Å². The highest BCUT2D eigenvalue weighted by atomic mass is 32.2. The first-order chi connectivity index (χ1) is 11.8. The van der Waals surface area contributed by atoms with E-state index in [1.165, 1.54) is 21.1 Å². The van der Waals surface area contributed by atoms with Crippen LogP contribution in [0.25, 0.3) is 5.69 Å². The van der Waals surface area contributed by atoms with Gasteiger partial charge in [0.15, 0.2) is 0 Å². The number of aliphatic carboxylic acids is 1. The summed E-state index contributed by atoms with van der Waals surface area (Å²) in [6, 6.07) is 3.69. The lowest BCUT2D eigenvalue weighted by atomic mass is 9.99. The standard InChI is InChI=1S/C16H18FN3O4S/c1-11-9-18-20(10-11)15-3-2-13(8-14(15)17)25(23,24)19-6-4-12(5-7-19)16(21)22/h2-3,8-10,12H,4-7H2,1H3,(H,21,22). The van der Waals surface area contributed by atoms with Gasteiger partial charge in [-0.05, 0) is 43.5 Å². The topological polar surface area (TPSA) is 92.5 Å². The molecule has 1 aromatic heterocycles. The van der Waals surface area contributed by atoms with Gasteiger partial charge in [0.1, 0.15) is 11.5 Å². The van der Waals surface area contributed by atoms with Crippen LogP contribution in [0, 0.1) is 18.7 Å². The highest BCUT2D eigenvalue weighted by Gasteiger charge is 2.32. The minimum atomic E-state index is -3.86. The van der Waals surface area contributed by atoms with Gasteiger partial charge in [0.2, 0.25) is 10.0 Å². The molecule has 1 fully saturated rings. The number of carbonyl (C=O) groups is 1. The molecule has 1 aliphatic heterocycles. The van der Waals surface area contributed by atoms with E-state index < -0.39 is 27.7 Å². The second-order valence-corrected chi connectivity index (χ2v) is 8.03. The molecule has 1 N–H and O–H groups in total. The Bertz CT molecular complexity index is 902. The Labute approximate surface area is 144 Å². The molecule has 0 spiro atoms. The van der Waals surface area contributed by atoms with Crippen molar-refractivity contribution >= 4 is 16.0 Å². The molecule has 1 saturated heterocycles. The molecule has 134 valence electrons. The molecule has 1 aromatic carbocycles. The Hall–Kier alpha value is -2.26. The van der Waals surface area contributed by atoms with Gasteiger partial charge in [-0.25, -0.2) is 17.5 Å². The molecule has 1 aliphatic rings. The van der Waals surface area contributed by atoms with Gasteiger partial charge in [-0.15, -0.1) is 0 Å². The Morgan fingerprint density at radius 1 is 1.32 bits per heavy atom. The van der Waals surface area contributed by atoms with Gasteiger partial charge in [0, 0.05) is 19.3 Å². The van der Waals surface area contributed by atoms with Crippen molar-refractivity contribution in [2.75, 3.05) is 13.1 Å². The number of piperidine rings is 1. The molecular weight excluding hydrogens is 349 g/mol. The minimum Gasteiger partial charge on any atom is -0.481 e. The lowest BCUT2D eigenvalue weighted by Crippen LogP contribution is -2.40. The third-order valence-corrected chi connectivity index (χ3v) is 6.21. The van der Waals surface area contributed by atoms with Crippen molar-refractivity contribution in [3.63, 3.8) is 0 Å². The van der Waals surface area contributed by atoms with Crippen molar-refractivity contribution in [3.05, 3.63) is 42.0 Å². The van der Waals surface area contributed by atoms with Crippen LogP contribution in [-0.2, 0) is 14.8 Å². The summed E-state index contributed by atoms with van der Waals surface area (Å²) in [6.45, 7) is 2.04. The minimum absolute atomic E-state index is 0.112. The van der Waals surface area contributed by atoms with Crippen molar-refractivity contribution in [1.29, 1.82) is 0 Å². The lowest BCUT2D eigenvalue weighted by Gasteiger charge is -2.29. The van der Waals surface area contributed by atoms with E-state index in [0.717, 1.165) is 11.6 Å². The van der Waals surface area contributed by atoms with Crippen LogP contribution in [0.4, 0.5) is 4.39 Å². The van der Waals surface area contributed by atoms with E-state index >= 15 is 0 Å². The van der Waals surface area contributed by atoms with Crippen LogP contribution in [-0.4, -0.2) is 46.7 Å². The fourth-order valence-electron chi connectivity index (χ4n) is 2.87. The SMILES string of the molecule is Cc1cnn(-c2ccc(S(=O)(=O)N3CCC(C(=O)O)CC3)cc2F)c1. The summed E-state index contributed by atoms with van der Waals surface area (Å²) in [4.78, 5) is 10.8. The van der Waals surface area contributed by atoms with Crippen molar-refractivity contribution in [3.8, 4) is 5.69 Å². The number of aryl methyl sites for hydroxylation is 1. The number of carboxylic acid groups (broad SMARTS) is 1. The van der Waals surface area contributed by atoms with E-state index in [1.807, 2.05) is 6.92 Å². The molecule has 0 aliphatic carbocycles. The van der Waals surface area contributed by atoms with Gasteiger partial charge in [-0.2, -0.15) is 9.40 Å². The first-order valence-corrected chi connectivity index (χ1v) is 9.27. The van der Waals surface area contributed by atoms with Crippen LogP contribution in [0.15, 0.2) is 35.5 Å². The number of rotatable bonds is 4. The van der Waals surface area contributed by atoms with E-state index in [9.17, 15) is 17.6 Å². The van der Waals surface area contributed by atoms with E-state index in [2.05, 4.69) is 5.10 Å². The summed E-state index contributed by atoms with van der Waals surface area (Å²) in [5.41, 5.74) is 1.02. The van der Waals surface area contributed by atoms with Crippen LogP contribution in [0.3, 0.4) is 0 Å². The monoisotopic (exact) mass is 367 g/mol. The Balaban J connectivity index is 1.84. The van der Waals surface area contributed by atoms with Gasteiger partial charge < -0.3 is 5.11 Å². The van der Waals surface area contributed by atoms with E-state index in [0.29, 0.717) is 0 Å². The van der Waals surface area contributed by atoms with E-state index in [1.54, 1.807) is 12.4 Å². The number of sulfonamides is 1. The molecule has 0 radical (unpaired) electrons. The van der Waals surface area contributed by atoms with Gasteiger partial charge >= 0.3 is 5.97 Å². The van der Waals surface area contributed by atoms with Crippen molar-refractivity contribution < 1.29 is 22.7 Å². The number of carboxylic acids is 1. The first-order valence-electron chi connectivity index (χ1n) is 7.83. The summed E-state index contributed by atoms with van der Waals surface area (Å²) in [5, 5.41) is 13.0. The molecule has 2 heterocycles. The molecule has 0 atom stereocenters. The maximum Gasteiger partial charge on any atom is 0.306 e. The van der Waals surface area contributed by atoms with Crippen molar-refractivity contribution in [2.45, 2.75) is 24.7 Å². The molecule has 25 heavy (non-hydrogen) atoms. The summed E-state index contributed by atoms with van der Waals surface area (Å²) in [7, 11) is -3.86. The third-order valence-electron chi connectivity index (χ3n) is 4.32. The maximum atomic E-state index is 14.4. The van der Waals surface area contributed by atoms with Crippen LogP contribution in [0.2, 0.25) is 0 Å². The molecule has 0 saturated carbocycles. The first kappa shape index (κ1) is 17.6. The molecular formula is C16H18FN3O4S. The van der Waals surface area contributed by atoms with Gasteiger partial charge in [-0.3, -0.25) is 4.79 Å². The summed E-state index contributed by atoms with van der Waals surface area (Å²) >= 11 is 0. The fourth-order valence-corrected chi connectivity index (χ4v) is 4.35. The normalized spacial score (nSPS) is 16.9. The Morgan fingerprint density at radius 2 is 2.00 bits per heavy atom. The van der Waals surface area contributed by atoms with Gasteiger partial charge in [0.05, 0.1) is 17.0 Å². The lowest BCUT2D eigenvalue weighted by molar-refractivity contribution is -0.142. The maximum absolute atomic E-state index is 14.4. The average molecular weight is 367 g/mol. The molecule has 0 bridgehead atoms. The molecule has 7 nitrogen and oxygen atoms in total. The number of nitrogens with zero attached hydrogens (tertiary/aromatic N) is 3. The highest BCUT2D eigenvalue weighted by Crippen LogP contribution is 2.26. The predicted octanol–water partition coefficient (Wildman–Crippen LogP) is 1.81. The smallest absolute Gasteiger partial charge is 0.306 e. The summed E-state index contributed by atoms with van der Waals surface area (Å²) in [5.74, 6) is -2.14. The largest absolute Gasteiger partial charge is 0.481 e. The fraction of sp³-hybridized carbons (Fsp3) is 0.375. The zero-order valence-corrected chi connectivity index (χ0v) is 14.4. The van der Waals surface area contributed by atoms with Crippen LogP contribution < -0.4 is 0 Å². The quantitative estimate of drug-likeness (QED) is 0.890. The summed E-state index contributed by atoms with van der Waals surface area (Å²) in [6.07, 6.45) is 3.73. The molecule has 0 amide bonds. The Morgan fingerprint density at radius 3 is 2.52 bits per heavy atom. The number of hydrogen-bond donors (Lipinski definition) is 1. The van der Waals surface area contributed by atoms with Crippen molar-refractivity contribution in [1.82, 2.24) is 14.1 Å². The van der Waals surface area contributed by atoms with Crippen LogP contribution in [0.5, 0.6) is 0 Å². The number of aromatic nitrogens is 2. The van der Waals surface area contributed by atoms with Crippen LogP contribution in [0.1, 0.15) is 18.4 Å². The van der Waals surface area contributed by atoms with Crippen molar-refractivity contribution in [2.24, 2.45) is 5.92 Å². The number of benzene rings is 1. The molecule has 3 rings (SSSR count). The zero-order valence-electron chi connectivity index (χ0n) is 13.6. The molecule has 9 heteroatoms. The summed E-state index contributed by atoms with van der Waals surface area (Å²) < 4.78 is 42.3. The second kappa shape index (κ2) is 6.57. The average Bonchev–Trinajstić information content (AvgIpc) is 3.01. The molecule has 0 unspecified atom stereocenters. The number of halogens is 1. The van der Waals surface area contributed by atoms with E-state index in [-0.39, 0.29) is 36.5 Å². The predicted molar refractivity (Wildman–Crippen MR) is 87.4 cm³/mol. The second-order valence-electron chi connectivity index (χ2n) is 6.09. The number of hydrogen-bond acceptors (Lipinski definition) is 4. The Kier molecular flexibility index (Phi) is 4.61. The van der Waals surface area contributed by atoms with E-state index in [4.69, 9.17) is 5.11 Å². The molecule has 2 aromatic rings. The van der Waals surface area contributed by atoms with Gasteiger partial charge in [-0.1, -0.05) is 0 Å². The van der Waals surface area contributed by atoms with Gasteiger partial charge in [0.25, 0.3) is 0 Å². The zero-order chi connectivity index (χ0) is 18.2.